The first-order chi connectivity index (χ1) is 18.1. The topological polar surface area (TPSA) is 83.8 Å². The van der Waals surface area contributed by atoms with E-state index in [1.165, 1.54) is 30.5 Å². The molecule has 1 aromatic heterocycles. The van der Waals surface area contributed by atoms with Crippen molar-refractivity contribution in [1.82, 2.24) is 9.99 Å². The molecule has 0 saturated heterocycles. The monoisotopic (exact) mass is 532 g/mol. The maximum Gasteiger partial charge on any atom is 0.264 e. The van der Waals surface area contributed by atoms with Crippen molar-refractivity contribution in [2.45, 2.75) is 32.6 Å². The molecular formula is C29H29FN4O3S. The molecule has 0 saturated carbocycles. The molecule has 0 aliphatic rings. The number of aromatic nitrogens is 1. The maximum atomic E-state index is 13.5. The van der Waals surface area contributed by atoms with Crippen LogP contribution in [-0.4, -0.2) is 31.7 Å². The molecule has 0 bridgehead atoms. The summed E-state index contributed by atoms with van der Waals surface area (Å²) >= 11 is 0. The summed E-state index contributed by atoms with van der Waals surface area (Å²) in [5.74, 6) is -0.904. The quantitative estimate of drug-likeness (QED) is 0.250. The molecule has 1 N–H and O–H groups in total. The van der Waals surface area contributed by atoms with Gasteiger partial charge in [-0.15, -0.1) is 0 Å². The molecule has 38 heavy (non-hydrogen) atoms. The van der Waals surface area contributed by atoms with Gasteiger partial charge in [0.1, 0.15) is 12.4 Å². The molecule has 0 spiro atoms. The number of hydrogen-bond acceptors (Lipinski definition) is 4. The number of benzene rings is 3. The van der Waals surface area contributed by atoms with Crippen LogP contribution < -0.4 is 9.73 Å². The van der Waals surface area contributed by atoms with Crippen LogP contribution in [0, 0.1) is 33.5 Å². The first-order valence-corrected chi connectivity index (χ1v) is 13.4. The van der Waals surface area contributed by atoms with Gasteiger partial charge in [0.05, 0.1) is 16.8 Å². The lowest BCUT2D eigenvalue weighted by Gasteiger charge is -2.25. The van der Waals surface area contributed by atoms with E-state index in [0.29, 0.717) is 5.69 Å². The van der Waals surface area contributed by atoms with Crippen molar-refractivity contribution in [2.75, 3.05) is 10.8 Å². The maximum absolute atomic E-state index is 13.5. The van der Waals surface area contributed by atoms with E-state index in [0.717, 1.165) is 38.1 Å². The van der Waals surface area contributed by atoms with Crippen molar-refractivity contribution >= 4 is 27.8 Å². The Labute approximate surface area is 222 Å². The smallest absolute Gasteiger partial charge is 0.264 e. The molecule has 3 aromatic carbocycles. The van der Waals surface area contributed by atoms with E-state index in [2.05, 4.69) is 10.5 Å². The molecule has 4 aromatic rings. The van der Waals surface area contributed by atoms with Crippen molar-refractivity contribution < 1.29 is 17.6 Å². The van der Waals surface area contributed by atoms with Crippen molar-refractivity contribution in [3.63, 3.8) is 0 Å². The van der Waals surface area contributed by atoms with Crippen LogP contribution in [0.15, 0.2) is 88.9 Å². The summed E-state index contributed by atoms with van der Waals surface area (Å²) in [6, 6.07) is 21.5. The van der Waals surface area contributed by atoms with E-state index < -0.39 is 22.5 Å². The minimum atomic E-state index is -4.02. The molecule has 0 radical (unpaired) electrons. The summed E-state index contributed by atoms with van der Waals surface area (Å²) in [5, 5.41) is 4.09. The predicted octanol–water partition coefficient (Wildman–Crippen LogP) is 5.20. The summed E-state index contributed by atoms with van der Waals surface area (Å²) in [5.41, 5.74) is 7.81. The van der Waals surface area contributed by atoms with Crippen LogP contribution in [0.2, 0.25) is 0 Å². The molecule has 9 heteroatoms. The van der Waals surface area contributed by atoms with Gasteiger partial charge in [0, 0.05) is 22.6 Å². The number of carbonyl (C=O) groups excluding carboxylic acids is 1. The lowest BCUT2D eigenvalue weighted by molar-refractivity contribution is -0.119. The first kappa shape index (κ1) is 26.8. The van der Waals surface area contributed by atoms with Crippen LogP contribution >= 0.6 is 0 Å². The third-order valence-electron chi connectivity index (χ3n) is 6.20. The lowest BCUT2D eigenvalue weighted by atomic mass is 10.1. The van der Waals surface area contributed by atoms with Gasteiger partial charge < -0.3 is 4.57 Å². The van der Waals surface area contributed by atoms with E-state index in [1.807, 2.05) is 43.5 Å². The number of sulfonamides is 1. The number of halogens is 1. The molecule has 7 nitrogen and oxygen atoms in total. The number of amides is 1. The Morgan fingerprint density at radius 2 is 1.66 bits per heavy atom. The molecule has 0 atom stereocenters. The Morgan fingerprint density at radius 3 is 2.34 bits per heavy atom. The van der Waals surface area contributed by atoms with Gasteiger partial charge >= 0.3 is 0 Å². The number of nitrogens with zero attached hydrogens (tertiary/aromatic N) is 3. The van der Waals surface area contributed by atoms with Crippen molar-refractivity contribution in [2.24, 2.45) is 5.10 Å². The van der Waals surface area contributed by atoms with Crippen LogP contribution in [0.4, 0.5) is 10.1 Å². The minimum absolute atomic E-state index is 0.0884. The molecule has 4 rings (SSSR count). The summed E-state index contributed by atoms with van der Waals surface area (Å²) in [6.45, 7) is 7.03. The van der Waals surface area contributed by atoms with Crippen LogP contribution in [0.3, 0.4) is 0 Å². The fourth-order valence-corrected chi connectivity index (χ4v) is 5.75. The average Bonchev–Trinajstić information content (AvgIpc) is 3.17. The van der Waals surface area contributed by atoms with Crippen molar-refractivity contribution in [3.8, 4) is 5.69 Å². The van der Waals surface area contributed by atoms with Gasteiger partial charge in [0.15, 0.2) is 0 Å². The summed E-state index contributed by atoms with van der Waals surface area (Å²) < 4.78 is 43.5. The zero-order valence-corrected chi connectivity index (χ0v) is 22.5. The zero-order valence-electron chi connectivity index (χ0n) is 21.6. The van der Waals surface area contributed by atoms with E-state index in [1.54, 1.807) is 43.3 Å². The second-order valence-electron chi connectivity index (χ2n) is 9.05. The average molecular weight is 533 g/mol. The fraction of sp³-hybridized carbons (Fsp3) is 0.172. The number of rotatable bonds is 8. The van der Waals surface area contributed by atoms with E-state index >= 15 is 0 Å². The van der Waals surface area contributed by atoms with Gasteiger partial charge in [-0.25, -0.2) is 18.2 Å². The molecule has 0 aliphatic carbocycles. The number of hydrazone groups is 1. The Morgan fingerprint density at radius 1 is 0.974 bits per heavy atom. The number of aryl methyl sites for hydroxylation is 3. The summed E-state index contributed by atoms with van der Waals surface area (Å²) in [6.07, 6.45) is 1.51. The number of carbonyl (C=O) groups is 1. The van der Waals surface area contributed by atoms with Gasteiger partial charge in [-0.2, -0.15) is 5.10 Å². The van der Waals surface area contributed by atoms with E-state index in [9.17, 15) is 17.6 Å². The normalized spacial score (nSPS) is 11.6. The molecule has 196 valence electrons. The zero-order chi connectivity index (χ0) is 27.4. The van der Waals surface area contributed by atoms with E-state index in [-0.39, 0.29) is 10.7 Å². The fourth-order valence-electron chi connectivity index (χ4n) is 4.25. The van der Waals surface area contributed by atoms with E-state index in [4.69, 9.17) is 0 Å². The molecule has 0 aliphatic heterocycles. The Hall–Kier alpha value is -4.24. The standard InChI is InChI=1S/C29H29FN4O3S/c1-20-10-11-21(2)28(16-20)33(38(36,37)27-8-6-5-7-9-27)19-29(35)32-31-18-24-17-22(3)34(23(24)4)26-14-12-25(30)13-15-26/h5-18H,19H2,1-4H3,(H,32,35)/b31-18-. The highest BCUT2D eigenvalue weighted by Crippen LogP contribution is 2.28. The second kappa shape index (κ2) is 11.0. The number of nitrogens with one attached hydrogen (secondary N) is 1. The van der Waals surface area contributed by atoms with Gasteiger partial charge in [0.2, 0.25) is 0 Å². The molecule has 0 unspecified atom stereocenters. The van der Waals surface area contributed by atoms with Crippen molar-refractivity contribution in [1.29, 1.82) is 0 Å². The van der Waals surface area contributed by atoms with Gasteiger partial charge in [-0.05, 0) is 87.4 Å². The number of anilines is 1. The third kappa shape index (κ3) is 5.68. The highest BCUT2D eigenvalue weighted by molar-refractivity contribution is 7.92. The molecule has 1 heterocycles. The van der Waals surface area contributed by atoms with Crippen LogP contribution in [0.5, 0.6) is 0 Å². The number of hydrogen-bond donors (Lipinski definition) is 1. The Kier molecular flexibility index (Phi) is 7.78. The Bertz CT molecular complexity index is 1600. The minimum Gasteiger partial charge on any atom is -0.318 e. The van der Waals surface area contributed by atoms with Gasteiger partial charge in [-0.3, -0.25) is 9.10 Å². The summed E-state index contributed by atoms with van der Waals surface area (Å²) in [7, 11) is -4.02. The highest BCUT2D eigenvalue weighted by Gasteiger charge is 2.28. The van der Waals surface area contributed by atoms with Crippen LogP contribution in [0.1, 0.15) is 28.1 Å². The van der Waals surface area contributed by atoms with Gasteiger partial charge in [-0.1, -0.05) is 30.3 Å². The third-order valence-corrected chi connectivity index (χ3v) is 7.97. The highest BCUT2D eigenvalue weighted by atomic mass is 32.2. The molecular weight excluding hydrogens is 503 g/mol. The largest absolute Gasteiger partial charge is 0.318 e. The lowest BCUT2D eigenvalue weighted by Crippen LogP contribution is -2.40. The second-order valence-corrected chi connectivity index (χ2v) is 10.9. The molecule has 0 fully saturated rings. The molecule has 1 amide bonds. The SMILES string of the molecule is Cc1ccc(C)c(N(CC(=O)N/N=C\c2cc(C)n(-c3ccc(F)cc3)c2C)S(=O)(=O)c2ccccc2)c1. The van der Waals surface area contributed by atoms with Crippen LogP contribution in [0.25, 0.3) is 5.69 Å². The van der Waals surface area contributed by atoms with Crippen molar-refractivity contribution in [3.05, 3.63) is 113 Å². The summed E-state index contributed by atoms with van der Waals surface area (Å²) in [4.78, 5) is 13.0. The predicted molar refractivity (Wildman–Crippen MR) is 148 cm³/mol. The Balaban J connectivity index is 1.57. The van der Waals surface area contributed by atoms with Crippen LogP contribution in [-0.2, 0) is 14.8 Å². The first-order valence-electron chi connectivity index (χ1n) is 12.0. The van der Waals surface area contributed by atoms with Gasteiger partial charge in [0.25, 0.3) is 15.9 Å².